The van der Waals surface area contributed by atoms with Crippen molar-refractivity contribution in [1.82, 2.24) is 0 Å². The van der Waals surface area contributed by atoms with Crippen LogP contribution in [-0.4, -0.2) is 30.3 Å². The minimum absolute atomic E-state index is 0.182. The molecular weight excluding hydrogens is 516 g/mol. The molecule has 7 nitrogen and oxygen atoms in total. The first-order valence-electron chi connectivity index (χ1n) is 13.6. The van der Waals surface area contributed by atoms with E-state index in [-0.39, 0.29) is 29.2 Å². The van der Waals surface area contributed by atoms with E-state index < -0.39 is 30.3 Å². The van der Waals surface area contributed by atoms with Gasteiger partial charge in [0.15, 0.2) is 6.61 Å². The molecular formula is C34H26N2O5. The van der Waals surface area contributed by atoms with Crippen molar-refractivity contribution in [1.29, 1.82) is 0 Å². The Kier molecular flexibility index (Phi) is 5.82. The van der Waals surface area contributed by atoms with Crippen LogP contribution in [0.2, 0.25) is 0 Å². The number of anilines is 2. The van der Waals surface area contributed by atoms with E-state index in [9.17, 15) is 19.2 Å². The van der Waals surface area contributed by atoms with Crippen molar-refractivity contribution < 1.29 is 23.9 Å². The molecule has 4 aromatic carbocycles. The number of hydrogen-bond acceptors (Lipinski definition) is 5. The molecule has 202 valence electrons. The fourth-order valence-electron chi connectivity index (χ4n) is 6.79. The quantitative estimate of drug-likeness (QED) is 0.277. The molecule has 2 bridgehead atoms. The topological polar surface area (TPSA) is 92.8 Å². The van der Waals surface area contributed by atoms with Crippen LogP contribution in [-0.2, 0) is 19.1 Å². The number of imide groups is 1. The molecule has 1 saturated heterocycles. The molecule has 0 spiro atoms. The van der Waals surface area contributed by atoms with Crippen LogP contribution in [0.25, 0.3) is 0 Å². The maximum Gasteiger partial charge on any atom is 0.338 e. The third kappa shape index (κ3) is 3.88. The predicted octanol–water partition coefficient (Wildman–Crippen LogP) is 5.19. The zero-order valence-electron chi connectivity index (χ0n) is 22.2. The lowest BCUT2D eigenvalue weighted by atomic mass is 9.55. The summed E-state index contributed by atoms with van der Waals surface area (Å²) in [5.41, 5.74) is 6.64. The Morgan fingerprint density at radius 1 is 0.707 bits per heavy atom. The fraction of sp³-hybridized carbons (Fsp3) is 0.176. The van der Waals surface area contributed by atoms with E-state index in [0.29, 0.717) is 11.4 Å². The third-order valence-electron chi connectivity index (χ3n) is 8.56. The van der Waals surface area contributed by atoms with Gasteiger partial charge in [-0.25, -0.2) is 9.69 Å². The van der Waals surface area contributed by atoms with Crippen molar-refractivity contribution in [3.63, 3.8) is 0 Å². The minimum atomic E-state index is -0.673. The maximum atomic E-state index is 13.9. The van der Waals surface area contributed by atoms with Gasteiger partial charge in [-0.1, -0.05) is 66.7 Å². The van der Waals surface area contributed by atoms with E-state index in [2.05, 4.69) is 29.6 Å². The normalized spacial score (nSPS) is 21.6. The Hall–Kier alpha value is -5.04. The first-order chi connectivity index (χ1) is 19.9. The van der Waals surface area contributed by atoms with Gasteiger partial charge in [-0.15, -0.1) is 0 Å². The average Bonchev–Trinajstić information content (AvgIpc) is 3.27. The SMILES string of the molecule is Cc1ccccc1NC(=O)COC(=O)c1ccc(N2C(=O)[C@@H]3C4c5ccccc5C(c5ccccc54)[C@@H]3C2=O)cc1. The third-order valence-corrected chi connectivity index (χ3v) is 8.56. The summed E-state index contributed by atoms with van der Waals surface area (Å²) in [5, 5.41) is 2.72. The maximum absolute atomic E-state index is 13.9. The summed E-state index contributed by atoms with van der Waals surface area (Å²) < 4.78 is 5.20. The highest BCUT2D eigenvalue weighted by atomic mass is 16.5. The van der Waals surface area contributed by atoms with Gasteiger partial charge >= 0.3 is 5.97 Å². The molecule has 4 aliphatic rings. The molecule has 4 aromatic rings. The van der Waals surface area contributed by atoms with Crippen molar-refractivity contribution in [3.8, 4) is 0 Å². The fourth-order valence-corrected chi connectivity index (χ4v) is 6.79. The number of esters is 1. The monoisotopic (exact) mass is 542 g/mol. The second-order valence-electron chi connectivity index (χ2n) is 10.8. The number of benzene rings is 4. The Balaban J connectivity index is 1.10. The van der Waals surface area contributed by atoms with Gasteiger partial charge in [-0.3, -0.25) is 14.4 Å². The number of rotatable bonds is 5. The molecule has 0 radical (unpaired) electrons. The van der Waals surface area contributed by atoms with Crippen LogP contribution in [0.15, 0.2) is 97.1 Å². The molecule has 8 rings (SSSR count). The van der Waals surface area contributed by atoms with Crippen molar-refractivity contribution in [2.75, 3.05) is 16.8 Å². The van der Waals surface area contributed by atoms with E-state index >= 15 is 0 Å². The first-order valence-corrected chi connectivity index (χ1v) is 13.6. The zero-order chi connectivity index (χ0) is 28.2. The molecule has 1 fully saturated rings. The summed E-state index contributed by atoms with van der Waals surface area (Å²) in [5.74, 6) is -2.88. The molecule has 1 N–H and O–H groups in total. The summed E-state index contributed by atoms with van der Waals surface area (Å²) in [7, 11) is 0. The molecule has 41 heavy (non-hydrogen) atoms. The highest BCUT2D eigenvalue weighted by Crippen LogP contribution is 2.61. The van der Waals surface area contributed by atoms with Gasteiger partial charge in [-0.05, 0) is 65.1 Å². The number of carbonyl (C=O) groups is 4. The number of nitrogens with one attached hydrogen (secondary N) is 1. The van der Waals surface area contributed by atoms with Crippen LogP contribution in [0.5, 0.6) is 0 Å². The summed E-state index contributed by atoms with van der Waals surface area (Å²) in [6, 6.07) is 29.7. The van der Waals surface area contributed by atoms with Gasteiger partial charge in [0, 0.05) is 17.5 Å². The molecule has 0 aromatic heterocycles. The number of ether oxygens (including phenoxy) is 1. The summed E-state index contributed by atoms with van der Waals surface area (Å²) in [6.45, 7) is 1.43. The standard InChI is InChI=1S/C34H26N2O5/c1-19-8-2-7-13-26(19)35-27(37)18-41-34(40)20-14-16-21(17-15-20)36-32(38)30-28-22-9-3-4-10-23(22)29(31(30)33(36)39)25-12-6-5-11-24(25)28/h2-17,28-31H,18H2,1H3,(H,35,37)/t28?,29?,30-,31+. The average molecular weight is 543 g/mol. The lowest BCUT2D eigenvalue weighted by molar-refractivity contribution is -0.122. The Bertz CT molecular complexity index is 1630. The Labute approximate surface area is 236 Å². The van der Waals surface area contributed by atoms with E-state index in [0.717, 1.165) is 27.8 Å². The minimum Gasteiger partial charge on any atom is -0.452 e. The summed E-state index contributed by atoms with van der Waals surface area (Å²) in [6.07, 6.45) is 0. The molecule has 2 atom stereocenters. The van der Waals surface area contributed by atoms with E-state index in [1.165, 1.54) is 17.0 Å². The molecule has 0 saturated carbocycles. The highest BCUT2D eigenvalue weighted by Gasteiger charge is 2.61. The molecule has 1 heterocycles. The van der Waals surface area contributed by atoms with Crippen LogP contribution in [0.3, 0.4) is 0 Å². The second-order valence-corrected chi connectivity index (χ2v) is 10.8. The van der Waals surface area contributed by atoms with Gasteiger partial charge in [0.25, 0.3) is 5.91 Å². The Morgan fingerprint density at radius 2 is 1.20 bits per heavy atom. The molecule has 3 aliphatic carbocycles. The van der Waals surface area contributed by atoms with E-state index in [1.807, 2.05) is 49.4 Å². The number of amides is 3. The first kappa shape index (κ1) is 25.0. The highest BCUT2D eigenvalue weighted by molar-refractivity contribution is 6.23. The number of aryl methyl sites for hydroxylation is 1. The van der Waals surface area contributed by atoms with Gasteiger partial charge in [0.05, 0.1) is 23.1 Å². The smallest absolute Gasteiger partial charge is 0.338 e. The zero-order valence-corrected chi connectivity index (χ0v) is 22.2. The Morgan fingerprint density at radius 3 is 1.71 bits per heavy atom. The van der Waals surface area contributed by atoms with Crippen molar-refractivity contribution in [3.05, 3.63) is 130 Å². The molecule has 3 amide bonds. The van der Waals surface area contributed by atoms with Crippen molar-refractivity contribution >= 4 is 35.1 Å². The van der Waals surface area contributed by atoms with Gasteiger partial charge in [0.1, 0.15) is 0 Å². The van der Waals surface area contributed by atoms with Crippen molar-refractivity contribution in [2.24, 2.45) is 11.8 Å². The van der Waals surface area contributed by atoms with E-state index in [4.69, 9.17) is 4.74 Å². The molecule has 7 heteroatoms. The lowest BCUT2D eigenvalue weighted by Crippen LogP contribution is -2.41. The predicted molar refractivity (Wildman–Crippen MR) is 153 cm³/mol. The second kappa shape index (κ2) is 9.55. The van der Waals surface area contributed by atoms with Gasteiger partial charge in [-0.2, -0.15) is 0 Å². The largest absolute Gasteiger partial charge is 0.452 e. The van der Waals surface area contributed by atoms with Crippen LogP contribution in [0.1, 0.15) is 50.0 Å². The van der Waals surface area contributed by atoms with Crippen LogP contribution in [0, 0.1) is 18.8 Å². The number of hydrogen-bond donors (Lipinski definition) is 1. The summed E-state index contributed by atoms with van der Waals surface area (Å²) in [4.78, 5) is 54.0. The van der Waals surface area contributed by atoms with Gasteiger partial charge in [0.2, 0.25) is 11.8 Å². The summed E-state index contributed by atoms with van der Waals surface area (Å²) >= 11 is 0. The molecule has 0 unspecified atom stereocenters. The van der Waals surface area contributed by atoms with Crippen LogP contribution >= 0.6 is 0 Å². The van der Waals surface area contributed by atoms with E-state index in [1.54, 1.807) is 18.2 Å². The van der Waals surface area contributed by atoms with Gasteiger partial charge < -0.3 is 10.1 Å². The number of nitrogens with zero attached hydrogens (tertiary/aromatic N) is 1. The lowest BCUT2D eigenvalue weighted by Gasteiger charge is -2.45. The van der Waals surface area contributed by atoms with Crippen LogP contribution in [0.4, 0.5) is 11.4 Å². The number of para-hydroxylation sites is 1. The van der Waals surface area contributed by atoms with Crippen molar-refractivity contribution in [2.45, 2.75) is 18.8 Å². The van der Waals surface area contributed by atoms with Crippen LogP contribution < -0.4 is 10.2 Å². The number of carbonyl (C=O) groups excluding carboxylic acids is 4. The molecule has 1 aliphatic heterocycles.